The Morgan fingerprint density at radius 2 is 2.10 bits per heavy atom. The summed E-state index contributed by atoms with van der Waals surface area (Å²) in [5.74, 6) is 2.68. The highest BCUT2D eigenvalue weighted by Crippen LogP contribution is 2.33. The number of fused-ring (bicyclic) bond motifs is 1. The highest BCUT2D eigenvalue weighted by molar-refractivity contribution is 5.96. The second-order valence-electron chi connectivity index (χ2n) is 11.5. The lowest BCUT2D eigenvalue weighted by Gasteiger charge is -2.40. The summed E-state index contributed by atoms with van der Waals surface area (Å²) in [7, 11) is 0. The number of aliphatic hydroxyl groups excluding tert-OH is 1. The number of rotatable bonds is 12. The number of hydrogen-bond acceptors (Lipinski definition) is 9. The van der Waals surface area contributed by atoms with Crippen LogP contribution < -0.4 is 10.1 Å². The average Bonchev–Trinajstić information content (AvgIpc) is 3.68. The number of β-amino-alcohol motifs (C(OH)–C–C–N with tert-alkyl or cyclic N) is 1. The molecule has 2 fully saturated rings. The maximum Gasteiger partial charge on any atom is 0.225 e. The first-order chi connectivity index (χ1) is 19.9. The zero-order valence-corrected chi connectivity index (χ0v) is 23.4. The first-order valence-electron chi connectivity index (χ1n) is 14.5. The minimum Gasteiger partial charge on any atom is -0.485 e. The molecule has 6 rings (SSSR count). The van der Waals surface area contributed by atoms with Crippen molar-refractivity contribution in [2.75, 3.05) is 31.5 Å². The lowest BCUT2D eigenvalue weighted by atomic mass is 9.94. The summed E-state index contributed by atoms with van der Waals surface area (Å²) in [4.78, 5) is 37.4. The van der Waals surface area contributed by atoms with Gasteiger partial charge >= 0.3 is 0 Å². The normalized spacial score (nSPS) is 18.0. The number of ketones is 1. The van der Waals surface area contributed by atoms with E-state index >= 15 is 0 Å². The Bertz CT molecular complexity index is 1380. The predicted octanol–water partition coefficient (Wildman–Crippen LogP) is 3.37. The second kappa shape index (κ2) is 12.0. The molecule has 10 heteroatoms. The Labute approximate surface area is 239 Å². The maximum atomic E-state index is 12.9. The molecule has 0 unspecified atom stereocenters. The number of likely N-dealkylation sites (tertiary alicyclic amines) is 1. The van der Waals surface area contributed by atoms with Crippen LogP contribution in [-0.2, 0) is 24.4 Å². The van der Waals surface area contributed by atoms with E-state index in [1.807, 2.05) is 11.0 Å². The van der Waals surface area contributed by atoms with Crippen molar-refractivity contribution in [3.8, 4) is 5.75 Å². The Kier molecular flexibility index (Phi) is 8.02. The summed E-state index contributed by atoms with van der Waals surface area (Å²) in [5.41, 5.74) is 4.27. The van der Waals surface area contributed by atoms with Crippen LogP contribution in [0.2, 0.25) is 0 Å². The number of ether oxygens (including phenoxy) is 1. The monoisotopic (exact) mass is 559 g/mol. The van der Waals surface area contributed by atoms with Crippen LogP contribution in [0, 0.1) is 12.8 Å². The summed E-state index contributed by atoms with van der Waals surface area (Å²) in [6.45, 7) is 5.91. The Morgan fingerprint density at radius 1 is 1.24 bits per heavy atom. The summed E-state index contributed by atoms with van der Waals surface area (Å²) in [5, 5.41) is 14.1. The van der Waals surface area contributed by atoms with Gasteiger partial charge in [0.15, 0.2) is 17.9 Å². The fourth-order valence-corrected chi connectivity index (χ4v) is 5.71. The van der Waals surface area contributed by atoms with Gasteiger partial charge in [0.1, 0.15) is 18.2 Å². The first kappa shape index (κ1) is 27.4. The Balaban J connectivity index is 0.947. The zero-order chi connectivity index (χ0) is 28.3. The van der Waals surface area contributed by atoms with Crippen LogP contribution in [0.3, 0.4) is 0 Å². The molecule has 3 aliphatic rings. The summed E-state index contributed by atoms with van der Waals surface area (Å²) >= 11 is 0. The molecular formula is C31H37N5O5. The first-order valence-corrected chi connectivity index (χ1v) is 14.5. The fourth-order valence-electron chi connectivity index (χ4n) is 5.71. The average molecular weight is 560 g/mol. The number of oxazole rings is 1. The van der Waals surface area contributed by atoms with Gasteiger partial charge < -0.3 is 24.5 Å². The molecule has 3 aromatic rings. The van der Waals surface area contributed by atoms with E-state index in [0.29, 0.717) is 49.8 Å². The molecule has 1 saturated heterocycles. The quantitative estimate of drug-likeness (QED) is 0.322. The van der Waals surface area contributed by atoms with E-state index < -0.39 is 6.10 Å². The lowest BCUT2D eigenvalue weighted by Crippen LogP contribution is -2.57. The number of nitrogens with one attached hydrogen (secondary N) is 1. The Morgan fingerprint density at radius 3 is 2.88 bits per heavy atom. The minimum absolute atomic E-state index is 0.00822. The molecule has 2 N–H and O–H groups in total. The minimum atomic E-state index is -0.587. The molecule has 216 valence electrons. The summed E-state index contributed by atoms with van der Waals surface area (Å²) in [6, 6.07) is 7.75. The molecule has 0 bridgehead atoms. The molecule has 1 saturated carbocycles. The lowest BCUT2D eigenvalue weighted by molar-refractivity contribution is -0.136. The van der Waals surface area contributed by atoms with Gasteiger partial charge in [0.2, 0.25) is 5.91 Å². The van der Waals surface area contributed by atoms with Crippen molar-refractivity contribution in [3.05, 3.63) is 71.1 Å². The van der Waals surface area contributed by atoms with E-state index in [1.54, 1.807) is 24.5 Å². The zero-order valence-electron chi connectivity index (χ0n) is 23.4. The van der Waals surface area contributed by atoms with Gasteiger partial charge in [-0.05, 0) is 67.5 Å². The number of aromatic nitrogens is 2. The molecule has 41 heavy (non-hydrogen) atoms. The molecule has 1 aromatic carbocycles. The number of amides is 1. The molecular weight excluding hydrogens is 522 g/mol. The van der Waals surface area contributed by atoms with Crippen LogP contribution in [0.5, 0.6) is 5.75 Å². The van der Waals surface area contributed by atoms with Crippen LogP contribution in [0.4, 0.5) is 5.82 Å². The van der Waals surface area contributed by atoms with Gasteiger partial charge in [0, 0.05) is 56.8 Å². The molecule has 4 heterocycles. The molecule has 10 nitrogen and oxygen atoms in total. The van der Waals surface area contributed by atoms with Gasteiger partial charge in [-0.25, -0.2) is 9.97 Å². The van der Waals surface area contributed by atoms with Crippen molar-refractivity contribution >= 4 is 17.5 Å². The second-order valence-corrected chi connectivity index (χ2v) is 11.5. The van der Waals surface area contributed by atoms with Crippen molar-refractivity contribution in [2.45, 2.75) is 64.3 Å². The number of carbonyl (C=O) groups is 2. The standard InChI is InChI=1S/C31H37N5O5/c1-20-27-9-11-35(14-23(27)4-7-29(20)40-18-26-13-32-19-41-26)17-25(37)5-6-28(38)22-8-10-33-30(12-22)34-24-15-36(16-24)31(39)21-2-3-21/h4,7-8,10,12-13,19,21,24-25,37H,2-3,5-6,9,11,14-18H2,1H3,(H,33,34)/t25-/m0/s1. The molecule has 2 aromatic heterocycles. The molecule has 0 radical (unpaired) electrons. The van der Waals surface area contributed by atoms with Crippen molar-refractivity contribution < 1.29 is 23.8 Å². The van der Waals surface area contributed by atoms with Gasteiger partial charge in [0.25, 0.3) is 0 Å². The summed E-state index contributed by atoms with van der Waals surface area (Å²) < 4.78 is 11.2. The third-order valence-corrected chi connectivity index (χ3v) is 8.30. The predicted molar refractivity (Wildman–Crippen MR) is 152 cm³/mol. The van der Waals surface area contributed by atoms with Gasteiger partial charge in [-0.15, -0.1) is 0 Å². The number of anilines is 1. The number of hydrogen-bond donors (Lipinski definition) is 2. The van der Waals surface area contributed by atoms with Crippen LogP contribution in [0.25, 0.3) is 0 Å². The third-order valence-electron chi connectivity index (χ3n) is 8.30. The fraction of sp³-hybridized carbons (Fsp3) is 0.484. The number of nitrogens with zero attached hydrogens (tertiary/aromatic N) is 4. The van der Waals surface area contributed by atoms with Crippen molar-refractivity contribution in [2.24, 2.45) is 5.92 Å². The van der Waals surface area contributed by atoms with Crippen LogP contribution in [0.1, 0.15) is 58.5 Å². The van der Waals surface area contributed by atoms with E-state index in [4.69, 9.17) is 9.15 Å². The maximum absolute atomic E-state index is 12.9. The third kappa shape index (κ3) is 6.60. The van der Waals surface area contributed by atoms with Crippen LogP contribution in [-0.4, -0.2) is 74.9 Å². The number of benzene rings is 1. The number of Topliss-reactive ketones (excluding diaryl/α,β-unsaturated/α-hetero) is 1. The number of carbonyl (C=O) groups excluding carboxylic acids is 2. The van der Waals surface area contributed by atoms with E-state index in [2.05, 4.69) is 33.2 Å². The molecule has 1 atom stereocenters. The van der Waals surface area contributed by atoms with Gasteiger partial charge in [0.05, 0.1) is 18.3 Å². The molecule has 0 spiro atoms. The number of pyridine rings is 1. The molecule has 2 aliphatic heterocycles. The van der Waals surface area contributed by atoms with Crippen LogP contribution >= 0.6 is 0 Å². The molecule has 1 aliphatic carbocycles. The summed E-state index contributed by atoms with van der Waals surface area (Å²) in [6.07, 6.45) is 7.69. The Hall–Kier alpha value is -3.76. The number of aliphatic hydroxyl groups is 1. The van der Waals surface area contributed by atoms with Gasteiger partial charge in [-0.3, -0.25) is 14.5 Å². The highest BCUT2D eigenvalue weighted by atomic mass is 16.5. The van der Waals surface area contributed by atoms with Gasteiger partial charge in [-0.1, -0.05) is 6.07 Å². The van der Waals surface area contributed by atoms with Crippen LogP contribution in [0.15, 0.2) is 47.5 Å². The largest absolute Gasteiger partial charge is 0.485 e. The van der Waals surface area contributed by atoms with E-state index in [1.165, 1.54) is 17.5 Å². The van der Waals surface area contributed by atoms with Crippen molar-refractivity contribution in [1.82, 2.24) is 19.8 Å². The highest BCUT2D eigenvalue weighted by Gasteiger charge is 2.39. The molecule has 1 amide bonds. The van der Waals surface area contributed by atoms with E-state index in [9.17, 15) is 14.7 Å². The van der Waals surface area contributed by atoms with E-state index in [-0.39, 0.29) is 30.1 Å². The van der Waals surface area contributed by atoms with E-state index in [0.717, 1.165) is 43.7 Å². The van der Waals surface area contributed by atoms with Crippen molar-refractivity contribution in [1.29, 1.82) is 0 Å². The topological polar surface area (TPSA) is 121 Å². The smallest absolute Gasteiger partial charge is 0.225 e. The SMILES string of the molecule is Cc1c(OCc2cnco2)ccc2c1CCN(C[C@@H](O)CCC(=O)c1ccnc(NC3CN(C(=O)C4CC4)C3)c1)C2. The van der Waals surface area contributed by atoms with Crippen molar-refractivity contribution in [3.63, 3.8) is 0 Å². The van der Waals surface area contributed by atoms with Gasteiger partial charge in [-0.2, -0.15) is 0 Å².